The van der Waals surface area contributed by atoms with E-state index in [1.54, 1.807) is 25.1 Å². The first-order chi connectivity index (χ1) is 14.0. The molecule has 0 amide bonds. The van der Waals surface area contributed by atoms with Gasteiger partial charge in [-0.05, 0) is 37.1 Å². The molecule has 7 heteroatoms. The van der Waals surface area contributed by atoms with Crippen LogP contribution < -0.4 is 5.32 Å². The van der Waals surface area contributed by atoms with E-state index in [4.69, 9.17) is 14.8 Å². The molecule has 0 saturated heterocycles. The molecule has 6 nitrogen and oxygen atoms in total. The lowest BCUT2D eigenvalue weighted by molar-refractivity contribution is -0.138. The number of aromatic carboxylic acids is 1. The Morgan fingerprint density at radius 1 is 1.17 bits per heavy atom. The maximum atomic E-state index is 12.5. The molecule has 29 heavy (non-hydrogen) atoms. The van der Waals surface area contributed by atoms with Crippen LogP contribution in [0.4, 0.5) is 0 Å². The topological polar surface area (TPSA) is 88.0 Å². The molecule has 150 valence electrons. The standard InChI is InChI=1S/C22H22N2O4S/c1-3-28-21(27)18-14(2)23-22(24-19(18)16-9-5-4-6-10-16)29-13-15-8-7-11-17(12-15)20(25)26/h4-12,19H,3,13H2,1-2H3,(H,23,24)(H,25,26)/t19-/m1/s1. The molecule has 0 spiro atoms. The third-order valence-corrected chi connectivity index (χ3v) is 5.34. The highest BCUT2D eigenvalue weighted by atomic mass is 32.2. The maximum Gasteiger partial charge on any atom is 0.338 e. The summed E-state index contributed by atoms with van der Waals surface area (Å²) >= 11 is 1.46. The Balaban J connectivity index is 1.84. The second-order valence-corrected chi connectivity index (χ2v) is 7.39. The molecule has 3 rings (SSSR count). The van der Waals surface area contributed by atoms with E-state index in [-0.39, 0.29) is 11.5 Å². The molecule has 0 aliphatic carbocycles. The molecule has 0 radical (unpaired) electrons. The molecule has 0 bridgehead atoms. The van der Waals surface area contributed by atoms with Gasteiger partial charge < -0.3 is 15.2 Å². The number of rotatable bonds is 6. The van der Waals surface area contributed by atoms with Crippen LogP contribution in [0.15, 0.2) is 70.9 Å². The van der Waals surface area contributed by atoms with Crippen molar-refractivity contribution in [2.75, 3.05) is 6.61 Å². The predicted molar refractivity (Wildman–Crippen MR) is 114 cm³/mol. The highest BCUT2D eigenvalue weighted by Crippen LogP contribution is 2.33. The van der Waals surface area contributed by atoms with Gasteiger partial charge in [-0.2, -0.15) is 0 Å². The summed E-state index contributed by atoms with van der Waals surface area (Å²) in [5, 5.41) is 13.0. The molecule has 0 saturated carbocycles. The molecule has 2 N–H and O–H groups in total. The highest BCUT2D eigenvalue weighted by Gasteiger charge is 2.30. The van der Waals surface area contributed by atoms with Crippen molar-refractivity contribution >= 4 is 28.9 Å². The lowest BCUT2D eigenvalue weighted by Gasteiger charge is -2.25. The van der Waals surface area contributed by atoms with Crippen LogP contribution >= 0.6 is 11.8 Å². The summed E-state index contributed by atoms with van der Waals surface area (Å²) < 4.78 is 5.24. The van der Waals surface area contributed by atoms with Crippen molar-refractivity contribution < 1.29 is 19.4 Å². The zero-order chi connectivity index (χ0) is 20.8. The molecular weight excluding hydrogens is 388 g/mol. The monoisotopic (exact) mass is 410 g/mol. The number of allylic oxidation sites excluding steroid dienone is 1. The van der Waals surface area contributed by atoms with E-state index in [1.807, 2.05) is 43.3 Å². The number of aliphatic imine (C=N–C) groups is 1. The largest absolute Gasteiger partial charge is 0.478 e. The van der Waals surface area contributed by atoms with E-state index in [1.165, 1.54) is 11.8 Å². The molecule has 2 aromatic rings. The molecule has 2 aromatic carbocycles. The van der Waals surface area contributed by atoms with Crippen molar-refractivity contribution in [3.63, 3.8) is 0 Å². The Morgan fingerprint density at radius 2 is 1.93 bits per heavy atom. The highest BCUT2D eigenvalue weighted by molar-refractivity contribution is 8.13. The molecular formula is C22H22N2O4S. The zero-order valence-electron chi connectivity index (χ0n) is 16.2. The molecule has 1 aliphatic heterocycles. The minimum absolute atomic E-state index is 0.254. The van der Waals surface area contributed by atoms with Gasteiger partial charge in [0.2, 0.25) is 0 Å². The van der Waals surface area contributed by atoms with E-state index in [0.717, 1.165) is 11.1 Å². The van der Waals surface area contributed by atoms with Gasteiger partial charge in [0.05, 0.1) is 17.7 Å². The lowest BCUT2D eigenvalue weighted by atomic mass is 9.97. The first kappa shape index (κ1) is 20.7. The first-order valence-electron chi connectivity index (χ1n) is 9.22. The second kappa shape index (κ2) is 9.43. The van der Waals surface area contributed by atoms with E-state index < -0.39 is 12.0 Å². The van der Waals surface area contributed by atoms with Crippen LogP contribution in [0.2, 0.25) is 0 Å². The van der Waals surface area contributed by atoms with Crippen LogP contribution in [-0.4, -0.2) is 28.8 Å². The summed E-state index contributed by atoms with van der Waals surface area (Å²) in [6.07, 6.45) is 0. The van der Waals surface area contributed by atoms with Gasteiger partial charge in [-0.15, -0.1) is 0 Å². The molecule has 0 aromatic heterocycles. The summed E-state index contributed by atoms with van der Waals surface area (Å²) in [6.45, 7) is 3.90. The van der Waals surface area contributed by atoms with Crippen LogP contribution in [0.5, 0.6) is 0 Å². The zero-order valence-corrected chi connectivity index (χ0v) is 17.0. The number of carboxylic acid groups (broad SMARTS) is 1. The van der Waals surface area contributed by atoms with Gasteiger partial charge in [0.25, 0.3) is 0 Å². The maximum absolute atomic E-state index is 12.5. The number of esters is 1. The third-order valence-electron chi connectivity index (χ3n) is 4.38. The SMILES string of the molecule is CCOC(=O)C1=C(C)NC(SCc2cccc(C(=O)O)c2)=N[C@@H]1c1ccccc1. The van der Waals surface area contributed by atoms with Crippen molar-refractivity contribution in [1.29, 1.82) is 0 Å². The number of nitrogens with zero attached hydrogens (tertiary/aromatic N) is 1. The van der Waals surface area contributed by atoms with Crippen molar-refractivity contribution in [1.82, 2.24) is 5.32 Å². The van der Waals surface area contributed by atoms with Crippen LogP contribution in [0.3, 0.4) is 0 Å². The number of benzene rings is 2. The number of nitrogens with one attached hydrogen (secondary N) is 1. The van der Waals surface area contributed by atoms with E-state index >= 15 is 0 Å². The third kappa shape index (κ3) is 5.06. The van der Waals surface area contributed by atoms with E-state index in [9.17, 15) is 9.59 Å². The Bertz CT molecular complexity index is 970. The minimum Gasteiger partial charge on any atom is -0.478 e. The van der Waals surface area contributed by atoms with Crippen molar-refractivity contribution in [3.05, 3.63) is 82.6 Å². The number of carbonyl (C=O) groups is 2. The number of amidine groups is 1. The molecule has 0 unspecified atom stereocenters. The quantitative estimate of drug-likeness (QED) is 0.696. The van der Waals surface area contributed by atoms with Crippen molar-refractivity contribution in [2.24, 2.45) is 4.99 Å². The fourth-order valence-electron chi connectivity index (χ4n) is 3.02. The summed E-state index contributed by atoms with van der Waals surface area (Å²) in [4.78, 5) is 28.4. The smallest absolute Gasteiger partial charge is 0.338 e. The number of ether oxygens (including phenoxy) is 1. The van der Waals surface area contributed by atoms with E-state index in [2.05, 4.69) is 5.32 Å². The lowest BCUT2D eigenvalue weighted by Crippen LogP contribution is -2.30. The molecule has 1 heterocycles. The summed E-state index contributed by atoms with van der Waals surface area (Å²) in [5.41, 5.74) is 3.24. The van der Waals surface area contributed by atoms with Crippen molar-refractivity contribution in [2.45, 2.75) is 25.6 Å². The van der Waals surface area contributed by atoms with Crippen LogP contribution in [-0.2, 0) is 15.3 Å². The summed E-state index contributed by atoms with van der Waals surface area (Å²) in [5.74, 6) is -0.781. The average Bonchev–Trinajstić information content (AvgIpc) is 2.72. The van der Waals surface area contributed by atoms with Gasteiger partial charge in [-0.1, -0.05) is 54.2 Å². The number of carbonyl (C=O) groups excluding carboxylic acids is 1. The molecule has 1 atom stereocenters. The Hall–Kier alpha value is -3.06. The minimum atomic E-state index is -0.952. The van der Waals surface area contributed by atoms with Crippen LogP contribution in [0.25, 0.3) is 0 Å². The van der Waals surface area contributed by atoms with Crippen LogP contribution in [0.1, 0.15) is 41.4 Å². The first-order valence-corrected chi connectivity index (χ1v) is 10.2. The van der Waals surface area contributed by atoms with Crippen molar-refractivity contribution in [3.8, 4) is 0 Å². The number of carboxylic acids is 1. The normalized spacial score (nSPS) is 16.1. The Labute approximate surface area is 173 Å². The van der Waals surface area contributed by atoms with Gasteiger partial charge in [0.15, 0.2) is 5.17 Å². The Kier molecular flexibility index (Phi) is 6.72. The molecule has 0 fully saturated rings. The van der Waals surface area contributed by atoms with Gasteiger partial charge in [-0.25, -0.2) is 14.6 Å². The number of hydrogen-bond donors (Lipinski definition) is 2. The van der Waals surface area contributed by atoms with Gasteiger partial charge >= 0.3 is 11.9 Å². The fraction of sp³-hybridized carbons (Fsp3) is 0.227. The second-order valence-electron chi connectivity index (χ2n) is 6.43. The predicted octanol–water partition coefficient (Wildman–Crippen LogP) is 4.16. The number of hydrogen-bond acceptors (Lipinski definition) is 6. The van der Waals surface area contributed by atoms with Gasteiger partial charge in [-0.3, -0.25) is 0 Å². The van der Waals surface area contributed by atoms with Gasteiger partial charge in [0.1, 0.15) is 6.04 Å². The Morgan fingerprint density at radius 3 is 2.62 bits per heavy atom. The van der Waals surface area contributed by atoms with E-state index in [0.29, 0.717) is 28.8 Å². The number of thioether (sulfide) groups is 1. The van der Waals surface area contributed by atoms with Crippen LogP contribution in [0, 0.1) is 0 Å². The van der Waals surface area contributed by atoms with Gasteiger partial charge in [0, 0.05) is 11.4 Å². The fourth-order valence-corrected chi connectivity index (χ4v) is 3.90. The summed E-state index contributed by atoms with van der Waals surface area (Å²) in [7, 11) is 0. The summed E-state index contributed by atoms with van der Waals surface area (Å²) in [6, 6.07) is 16.0. The molecule has 1 aliphatic rings. The average molecular weight is 410 g/mol.